The SMILES string of the molecule is CCCCNc1ccccc1NC(=S)NC(=O)OC. The molecule has 0 unspecified atom stereocenters. The van der Waals surface area contributed by atoms with Gasteiger partial charge in [0.15, 0.2) is 5.11 Å². The van der Waals surface area contributed by atoms with Gasteiger partial charge in [-0.1, -0.05) is 25.5 Å². The van der Waals surface area contributed by atoms with E-state index in [2.05, 4.69) is 27.6 Å². The molecule has 0 spiro atoms. The smallest absolute Gasteiger partial charge is 0.413 e. The van der Waals surface area contributed by atoms with E-state index >= 15 is 0 Å². The van der Waals surface area contributed by atoms with Crippen molar-refractivity contribution >= 4 is 34.8 Å². The minimum atomic E-state index is -0.589. The van der Waals surface area contributed by atoms with E-state index in [0.29, 0.717) is 0 Å². The van der Waals surface area contributed by atoms with Crippen molar-refractivity contribution in [2.45, 2.75) is 19.8 Å². The van der Waals surface area contributed by atoms with E-state index in [1.807, 2.05) is 24.3 Å². The number of benzene rings is 1. The molecule has 0 aliphatic rings. The van der Waals surface area contributed by atoms with Crippen LogP contribution in [0.3, 0.4) is 0 Å². The number of ether oxygens (including phenoxy) is 1. The summed E-state index contributed by atoms with van der Waals surface area (Å²) in [5.41, 5.74) is 1.77. The fourth-order valence-corrected chi connectivity index (χ4v) is 1.64. The summed E-state index contributed by atoms with van der Waals surface area (Å²) in [6.07, 6.45) is 1.64. The Labute approximate surface area is 118 Å². The molecular weight excluding hydrogens is 262 g/mol. The van der Waals surface area contributed by atoms with E-state index < -0.39 is 6.09 Å². The number of hydrogen-bond acceptors (Lipinski definition) is 4. The standard InChI is InChI=1S/C13H19N3O2S/c1-3-4-9-14-10-7-5-6-8-11(10)15-12(19)16-13(17)18-2/h5-8,14H,3-4,9H2,1-2H3,(H2,15,16,17,19). The number of rotatable bonds is 5. The van der Waals surface area contributed by atoms with Gasteiger partial charge in [0.2, 0.25) is 0 Å². The molecule has 1 aromatic rings. The van der Waals surface area contributed by atoms with Gasteiger partial charge in [0, 0.05) is 6.54 Å². The monoisotopic (exact) mass is 281 g/mol. The highest BCUT2D eigenvalue weighted by atomic mass is 32.1. The van der Waals surface area contributed by atoms with E-state index in [9.17, 15) is 4.79 Å². The van der Waals surface area contributed by atoms with Crippen molar-refractivity contribution in [3.63, 3.8) is 0 Å². The molecule has 0 heterocycles. The Hall–Kier alpha value is -1.82. The molecule has 104 valence electrons. The molecule has 0 bridgehead atoms. The van der Waals surface area contributed by atoms with Crippen LogP contribution < -0.4 is 16.0 Å². The molecule has 1 aromatic carbocycles. The zero-order valence-corrected chi connectivity index (χ0v) is 12.0. The number of carbonyl (C=O) groups is 1. The number of hydrogen-bond donors (Lipinski definition) is 3. The van der Waals surface area contributed by atoms with Crippen molar-refractivity contribution in [2.24, 2.45) is 0 Å². The van der Waals surface area contributed by atoms with Crippen LogP contribution in [0, 0.1) is 0 Å². The number of anilines is 2. The minimum Gasteiger partial charge on any atom is -0.453 e. The lowest BCUT2D eigenvalue weighted by molar-refractivity contribution is 0.177. The summed E-state index contributed by atoms with van der Waals surface area (Å²) < 4.78 is 4.48. The summed E-state index contributed by atoms with van der Waals surface area (Å²) in [6, 6.07) is 7.68. The van der Waals surface area contributed by atoms with Crippen molar-refractivity contribution in [2.75, 3.05) is 24.3 Å². The van der Waals surface area contributed by atoms with Crippen LogP contribution >= 0.6 is 12.2 Å². The first-order valence-corrected chi connectivity index (χ1v) is 6.57. The molecule has 0 aromatic heterocycles. The first kappa shape index (κ1) is 15.2. The summed E-state index contributed by atoms with van der Waals surface area (Å²) in [4.78, 5) is 11.0. The molecule has 0 fully saturated rings. The normalized spacial score (nSPS) is 9.58. The third kappa shape index (κ3) is 5.56. The molecule has 0 atom stereocenters. The highest BCUT2D eigenvalue weighted by molar-refractivity contribution is 7.80. The Balaban J connectivity index is 2.61. The highest BCUT2D eigenvalue weighted by Crippen LogP contribution is 2.20. The van der Waals surface area contributed by atoms with Gasteiger partial charge < -0.3 is 15.4 Å². The molecule has 0 saturated heterocycles. The maximum absolute atomic E-state index is 11.0. The van der Waals surface area contributed by atoms with Crippen LogP contribution in [0.5, 0.6) is 0 Å². The van der Waals surface area contributed by atoms with E-state index in [1.165, 1.54) is 7.11 Å². The quantitative estimate of drug-likeness (QED) is 0.572. The van der Waals surface area contributed by atoms with E-state index in [0.717, 1.165) is 30.8 Å². The summed E-state index contributed by atoms with van der Waals surface area (Å²) >= 11 is 5.02. The predicted molar refractivity (Wildman–Crippen MR) is 81.6 cm³/mol. The molecule has 1 amide bonds. The van der Waals surface area contributed by atoms with E-state index in [-0.39, 0.29) is 5.11 Å². The second kappa shape index (κ2) is 8.31. The Kier molecular flexibility index (Phi) is 6.67. The molecule has 5 nitrogen and oxygen atoms in total. The lowest BCUT2D eigenvalue weighted by Gasteiger charge is -2.14. The van der Waals surface area contributed by atoms with Gasteiger partial charge in [-0.2, -0.15) is 0 Å². The number of methoxy groups -OCH3 is 1. The largest absolute Gasteiger partial charge is 0.453 e. The van der Waals surface area contributed by atoms with Crippen molar-refractivity contribution in [3.05, 3.63) is 24.3 Å². The number of carbonyl (C=O) groups excluding carboxylic acids is 1. The van der Waals surface area contributed by atoms with Gasteiger partial charge >= 0.3 is 6.09 Å². The Bertz CT molecular complexity index is 438. The average Bonchev–Trinajstić information content (AvgIpc) is 2.40. The molecule has 6 heteroatoms. The molecule has 0 aliphatic heterocycles. The topological polar surface area (TPSA) is 62.4 Å². The first-order valence-electron chi connectivity index (χ1n) is 6.16. The van der Waals surface area contributed by atoms with Gasteiger partial charge in [0.05, 0.1) is 18.5 Å². The molecule has 0 radical (unpaired) electrons. The maximum Gasteiger partial charge on any atom is 0.413 e. The average molecular weight is 281 g/mol. The number of amides is 1. The predicted octanol–water partition coefficient (Wildman–Crippen LogP) is 2.95. The second-order valence-corrected chi connectivity index (χ2v) is 4.30. The van der Waals surface area contributed by atoms with Crippen LogP contribution in [0.15, 0.2) is 24.3 Å². The third-order valence-electron chi connectivity index (χ3n) is 2.42. The molecular formula is C13H19N3O2S. The van der Waals surface area contributed by atoms with E-state index in [1.54, 1.807) is 0 Å². The van der Waals surface area contributed by atoms with Crippen molar-refractivity contribution < 1.29 is 9.53 Å². The van der Waals surface area contributed by atoms with Crippen molar-refractivity contribution in [1.29, 1.82) is 0 Å². The summed E-state index contributed by atoms with van der Waals surface area (Å²) in [6.45, 7) is 3.04. The summed E-state index contributed by atoms with van der Waals surface area (Å²) in [5, 5.41) is 8.89. The highest BCUT2D eigenvalue weighted by Gasteiger charge is 2.06. The lowest BCUT2D eigenvalue weighted by Crippen LogP contribution is -2.34. The van der Waals surface area contributed by atoms with Gasteiger partial charge in [-0.05, 0) is 30.8 Å². The van der Waals surface area contributed by atoms with Gasteiger partial charge in [0.25, 0.3) is 0 Å². The zero-order chi connectivity index (χ0) is 14.1. The summed E-state index contributed by atoms with van der Waals surface area (Å²) in [5.74, 6) is 0. The number of alkyl carbamates (subject to hydrolysis) is 1. The van der Waals surface area contributed by atoms with Gasteiger partial charge in [-0.15, -0.1) is 0 Å². The van der Waals surface area contributed by atoms with Crippen LogP contribution in [-0.2, 0) is 4.74 Å². The van der Waals surface area contributed by atoms with Crippen molar-refractivity contribution in [3.8, 4) is 0 Å². The lowest BCUT2D eigenvalue weighted by atomic mass is 10.2. The fraction of sp³-hybridized carbons (Fsp3) is 0.385. The van der Waals surface area contributed by atoms with Gasteiger partial charge in [0.1, 0.15) is 0 Å². The minimum absolute atomic E-state index is 0.205. The van der Waals surface area contributed by atoms with Crippen LogP contribution in [0.25, 0.3) is 0 Å². The zero-order valence-electron chi connectivity index (χ0n) is 11.2. The first-order chi connectivity index (χ1) is 9.17. The van der Waals surface area contributed by atoms with Crippen molar-refractivity contribution in [1.82, 2.24) is 5.32 Å². The van der Waals surface area contributed by atoms with Crippen LogP contribution in [0.1, 0.15) is 19.8 Å². The molecule has 0 aliphatic carbocycles. The molecule has 19 heavy (non-hydrogen) atoms. The Morgan fingerprint density at radius 1 is 1.32 bits per heavy atom. The van der Waals surface area contributed by atoms with Gasteiger partial charge in [-0.3, -0.25) is 5.32 Å². The number of unbranched alkanes of at least 4 members (excludes halogenated alkanes) is 1. The number of thiocarbonyl (C=S) groups is 1. The van der Waals surface area contributed by atoms with E-state index in [4.69, 9.17) is 12.2 Å². The van der Waals surface area contributed by atoms with Crippen LogP contribution in [0.2, 0.25) is 0 Å². The number of para-hydroxylation sites is 2. The summed E-state index contributed by atoms with van der Waals surface area (Å²) in [7, 11) is 1.29. The molecule has 1 rings (SSSR count). The maximum atomic E-state index is 11.0. The third-order valence-corrected chi connectivity index (χ3v) is 2.63. The molecule has 0 saturated carbocycles. The Morgan fingerprint density at radius 2 is 2.00 bits per heavy atom. The van der Waals surface area contributed by atoms with Crippen LogP contribution in [0.4, 0.5) is 16.2 Å². The molecule has 3 N–H and O–H groups in total. The Morgan fingerprint density at radius 3 is 2.63 bits per heavy atom. The van der Waals surface area contributed by atoms with Gasteiger partial charge in [-0.25, -0.2) is 4.79 Å². The fourth-order valence-electron chi connectivity index (χ4n) is 1.44. The van der Waals surface area contributed by atoms with Crippen LogP contribution in [-0.4, -0.2) is 24.9 Å². The second-order valence-electron chi connectivity index (χ2n) is 3.90. The number of nitrogens with one attached hydrogen (secondary N) is 3.